The van der Waals surface area contributed by atoms with Crippen LogP contribution in [0.4, 0.5) is 4.39 Å². The predicted molar refractivity (Wildman–Crippen MR) is 63.4 cm³/mol. The lowest BCUT2D eigenvalue weighted by Crippen LogP contribution is -2.04. The molecule has 0 saturated heterocycles. The summed E-state index contributed by atoms with van der Waals surface area (Å²) >= 11 is 0. The highest BCUT2D eigenvalue weighted by Gasteiger charge is 2.07. The molecule has 0 radical (unpaired) electrons. The molecule has 0 aliphatic heterocycles. The maximum absolute atomic E-state index is 13.0. The first-order chi connectivity index (χ1) is 8.15. The van der Waals surface area contributed by atoms with Gasteiger partial charge in [0.1, 0.15) is 5.82 Å². The molecule has 1 aromatic heterocycles. The zero-order valence-corrected chi connectivity index (χ0v) is 9.48. The van der Waals surface area contributed by atoms with Gasteiger partial charge in [-0.25, -0.2) is 4.39 Å². The Morgan fingerprint density at radius 3 is 2.82 bits per heavy atom. The minimum Gasteiger partial charge on any atom is -0.294 e. The zero-order chi connectivity index (χ0) is 12.3. The quantitative estimate of drug-likeness (QED) is 0.757. The van der Waals surface area contributed by atoms with Crippen molar-refractivity contribution in [1.29, 1.82) is 0 Å². The van der Waals surface area contributed by atoms with E-state index in [1.165, 1.54) is 12.1 Å². The van der Waals surface area contributed by atoms with E-state index in [0.717, 1.165) is 5.69 Å². The van der Waals surface area contributed by atoms with Crippen molar-refractivity contribution in [3.05, 3.63) is 65.2 Å². The van der Waals surface area contributed by atoms with Gasteiger partial charge in [0.15, 0.2) is 5.78 Å². The summed E-state index contributed by atoms with van der Waals surface area (Å²) in [7, 11) is 0. The highest BCUT2D eigenvalue weighted by Crippen LogP contribution is 2.09. The third-order valence-corrected chi connectivity index (χ3v) is 2.47. The van der Waals surface area contributed by atoms with Gasteiger partial charge in [0.05, 0.1) is 0 Å². The molecule has 0 unspecified atom stereocenters. The molecule has 2 nitrogen and oxygen atoms in total. The average molecular weight is 229 g/mol. The molecule has 1 heterocycles. The van der Waals surface area contributed by atoms with Gasteiger partial charge in [-0.15, -0.1) is 0 Å². The number of Topliss-reactive ketones (excluding diaryl/α,β-unsaturated/α-hetero) is 1. The molecule has 0 saturated carbocycles. The fourth-order valence-electron chi connectivity index (χ4n) is 1.65. The predicted octanol–water partition coefficient (Wildman–Crippen LogP) is 2.95. The third kappa shape index (κ3) is 2.97. The fraction of sp³-hybridized carbons (Fsp3) is 0.143. The number of halogens is 1. The minimum absolute atomic E-state index is 0.0268. The molecule has 17 heavy (non-hydrogen) atoms. The molecule has 3 heteroatoms. The Bertz CT molecular complexity index is 551. The highest BCUT2D eigenvalue weighted by molar-refractivity contribution is 5.97. The second kappa shape index (κ2) is 4.87. The topological polar surface area (TPSA) is 30.0 Å². The number of aryl methyl sites for hydroxylation is 1. The Morgan fingerprint density at radius 1 is 1.29 bits per heavy atom. The molecule has 2 aromatic rings. The number of hydrogen-bond donors (Lipinski definition) is 0. The van der Waals surface area contributed by atoms with Crippen LogP contribution in [0.25, 0.3) is 0 Å². The van der Waals surface area contributed by atoms with Crippen LogP contribution >= 0.6 is 0 Å². The van der Waals surface area contributed by atoms with E-state index in [1.54, 1.807) is 30.5 Å². The summed E-state index contributed by atoms with van der Waals surface area (Å²) in [5.74, 6) is -0.345. The molecule has 0 N–H and O–H groups in total. The van der Waals surface area contributed by atoms with Crippen molar-refractivity contribution < 1.29 is 9.18 Å². The molecule has 0 fully saturated rings. The second-order valence-electron chi connectivity index (χ2n) is 3.92. The van der Waals surface area contributed by atoms with Crippen molar-refractivity contribution in [2.45, 2.75) is 13.3 Å². The minimum atomic E-state index is -0.318. The standard InChI is InChI=1S/C14H12FNO/c1-10-7-12(5-6-16-10)14(17)9-11-3-2-4-13(15)8-11/h2-8H,9H2,1H3. The van der Waals surface area contributed by atoms with Crippen LogP contribution in [-0.2, 0) is 6.42 Å². The molecule has 0 spiro atoms. The van der Waals surface area contributed by atoms with Gasteiger partial charge in [-0.3, -0.25) is 9.78 Å². The van der Waals surface area contributed by atoms with Crippen LogP contribution in [0.5, 0.6) is 0 Å². The normalized spacial score (nSPS) is 10.2. The SMILES string of the molecule is Cc1cc(C(=O)Cc2cccc(F)c2)ccn1. The Kier molecular flexibility index (Phi) is 3.28. The number of hydrogen-bond acceptors (Lipinski definition) is 2. The third-order valence-electron chi connectivity index (χ3n) is 2.47. The molecular formula is C14H12FNO. The van der Waals surface area contributed by atoms with E-state index in [9.17, 15) is 9.18 Å². The largest absolute Gasteiger partial charge is 0.294 e. The number of aromatic nitrogens is 1. The number of pyridine rings is 1. The first kappa shape index (κ1) is 11.5. The van der Waals surface area contributed by atoms with E-state index in [4.69, 9.17) is 0 Å². The molecule has 0 aliphatic rings. The number of rotatable bonds is 3. The number of carbonyl (C=O) groups is 1. The second-order valence-corrected chi connectivity index (χ2v) is 3.92. The summed E-state index contributed by atoms with van der Waals surface area (Å²) < 4.78 is 13.0. The molecule has 2 rings (SSSR count). The maximum Gasteiger partial charge on any atom is 0.167 e. The van der Waals surface area contributed by atoms with Gasteiger partial charge in [0, 0.05) is 23.9 Å². The summed E-state index contributed by atoms with van der Waals surface area (Å²) in [6.45, 7) is 1.83. The van der Waals surface area contributed by atoms with Crippen LogP contribution < -0.4 is 0 Å². The summed E-state index contributed by atoms with van der Waals surface area (Å²) in [6.07, 6.45) is 1.81. The van der Waals surface area contributed by atoms with Gasteiger partial charge in [-0.2, -0.15) is 0 Å². The van der Waals surface area contributed by atoms with Gasteiger partial charge in [0.25, 0.3) is 0 Å². The Morgan fingerprint density at radius 2 is 2.12 bits per heavy atom. The van der Waals surface area contributed by atoms with Crippen LogP contribution in [0.1, 0.15) is 21.6 Å². The molecule has 0 amide bonds. The first-order valence-electron chi connectivity index (χ1n) is 5.35. The van der Waals surface area contributed by atoms with Gasteiger partial charge >= 0.3 is 0 Å². The van der Waals surface area contributed by atoms with Gasteiger partial charge in [-0.05, 0) is 36.8 Å². The van der Waals surface area contributed by atoms with Crippen molar-refractivity contribution >= 4 is 5.78 Å². The number of carbonyl (C=O) groups excluding carboxylic acids is 1. The smallest absolute Gasteiger partial charge is 0.167 e. The lowest BCUT2D eigenvalue weighted by molar-refractivity contribution is 0.0992. The molecule has 1 aromatic carbocycles. The summed E-state index contributed by atoms with van der Waals surface area (Å²) in [5.41, 5.74) is 2.10. The number of nitrogens with zero attached hydrogens (tertiary/aromatic N) is 1. The van der Waals surface area contributed by atoms with Crippen LogP contribution in [0.3, 0.4) is 0 Å². The van der Waals surface area contributed by atoms with Gasteiger partial charge < -0.3 is 0 Å². The van der Waals surface area contributed by atoms with Crippen molar-refractivity contribution in [2.75, 3.05) is 0 Å². The van der Waals surface area contributed by atoms with Gasteiger partial charge in [0.2, 0.25) is 0 Å². The highest BCUT2D eigenvalue weighted by atomic mass is 19.1. The summed E-state index contributed by atoms with van der Waals surface area (Å²) in [4.78, 5) is 16.0. The summed E-state index contributed by atoms with van der Waals surface area (Å²) in [6, 6.07) is 9.51. The van der Waals surface area contributed by atoms with Crippen molar-refractivity contribution in [2.24, 2.45) is 0 Å². The van der Waals surface area contributed by atoms with Crippen molar-refractivity contribution in [3.8, 4) is 0 Å². The molecule has 0 aliphatic carbocycles. The maximum atomic E-state index is 13.0. The van der Waals surface area contributed by atoms with E-state index in [2.05, 4.69) is 4.98 Å². The fourth-order valence-corrected chi connectivity index (χ4v) is 1.65. The number of ketones is 1. The van der Waals surface area contributed by atoms with E-state index in [0.29, 0.717) is 11.1 Å². The van der Waals surface area contributed by atoms with Crippen LogP contribution in [0.2, 0.25) is 0 Å². The van der Waals surface area contributed by atoms with E-state index in [-0.39, 0.29) is 18.0 Å². The molecule has 0 bridgehead atoms. The Balaban J connectivity index is 2.17. The van der Waals surface area contributed by atoms with E-state index < -0.39 is 0 Å². The van der Waals surface area contributed by atoms with E-state index in [1.807, 2.05) is 6.92 Å². The number of benzene rings is 1. The van der Waals surface area contributed by atoms with Crippen LogP contribution in [0, 0.1) is 12.7 Å². The van der Waals surface area contributed by atoms with E-state index >= 15 is 0 Å². The zero-order valence-electron chi connectivity index (χ0n) is 9.48. The van der Waals surface area contributed by atoms with Gasteiger partial charge in [-0.1, -0.05) is 12.1 Å². The molecular weight excluding hydrogens is 217 g/mol. The van der Waals surface area contributed by atoms with Crippen LogP contribution in [-0.4, -0.2) is 10.8 Å². The molecule has 0 atom stereocenters. The lowest BCUT2D eigenvalue weighted by Gasteiger charge is -2.02. The van der Waals surface area contributed by atoms with Crippen molar-refractivity contribution in [1.82, 2.24) is 4.98 Å². The Labute approximate surface area is 99.1 Å². The Hall–Kier alpha value is -2.03. The first-order valence-corrected chi connectivity index (χ1v) is 5.35. The average Bonchev–Trinajstić information content (AvgIpc) is 2.29. The molecule has 86 valence electrons. The monoisotopic (exact) mass is 229 g/mol. The van der Waals surface area contributed by atoms with Crippen molar-refractivity contribution in [3.63, 3.8) is 0 Å². The lowest BCUT2D eigenvalue weighted by atomic mass is 10.0. The summed E-state index contributed by atoms with van der Waals surface area (Å²) in [5, 5.41) is 0. The van der Waals surface area contributed by atoms with Crippen LogP contribution in [0.15, 0.2) is 42.6 Å².